The van der Waals surface area contributed by atoms with Gasteiger partial charge < -0.3 is 10.4 Å². The van der Waals surface area contributed by atoms with Crippen molar-refractivity contribution in [1.29, 1.82) is 0 Å². The number of carbonyl (C=O) groups is 1. The molecule has 1 amide bonds. The molecule has 158 valence electrons. The molecule has 7 nitrogen and oxygen atoms in total. The van der Waals surface area contributed by atoms with Gasteiger partial charge in [0.25, 0.3) is 5.91 Å². The van der Waals surface area contributed by atoms with Gasteiger partial charge in [-0.1, -0.05) is 13.3 Å². The van der Waals surface area contributed by atoms with Crippen LogP contribution in [0.15, 0.2) is 36.9 Å². The van der Waals surface area contributed by atoms with Crippen LogP contribution in [0, 0.1) is 5.92 Å². The Bertz CT molecular complexity index is 1030. The molecule has 7 heteroatoms. The predicted molar refractivity (Wildman–Crippen MR) is 116 cm³/mol. The normalized spacial score (nSPS) is 19.7. The van der Waals surface area contributed by atoms with E-state index in [4.69, 9.17) is 5.10 Å². The van der Waals surface area contributed by atoms with Crippen LogP contribution < -0.4 is 5.32 Å². The summed E-state index contributed by atoms with van der Waals surface area (Å²) in [6, 6.07) is 5.73. The van der Waals surface area contributed by atoms with Gasteiger partial charge in [-0.25, -0.2) is 9.97 Å². The van der Waals surface area contributed by atoms with Crippen molar-refractivity contribution in [3.8, 4) is 0 Å². The Morgan fingerprint density at radius 1 is 1.27 bits per heavy atom. The first-order valence-corrected chi connectivity index (χ1v) is 10.7. The molecule has 0 saturated heterocycles. The highest BCUT2D eigenvalue weighted by atomic mass is 16.3. The maximum absolute atomic E-state index is 12.6. The Balaban J connectivity index is 1.66. The zero-order chi connectivity index (χ0) is 21.3. The highest BCUT2D eigenvalue weighted by molar-refractivity contribution is 6.04. The van der Waals surface area contributed by atoms with E-state index in [-0.39, 0.29) is 11.6 Å². The summed E-state index contributed by atoms with van der Waals surface area (Å²) in [4.78, 5) is 20.5. The molecule has 1 fully saturated rings. The Morgan fingerprint density at radius 3 is 2.67 bits per heavy atom. The van der Waals surface area contributed by atoms with E-state index in [1.54, 1.807) is 19.9 Å². The number of nitrogens with one attached hydrogen (secondary N) is 1. The van der Waals surface area contributed by atoms with E-state index in [2.05, 4.69) is 33.1 Å². The van der Waals surface area contributed by atoms with E-state index < -0.39 is 5.60 Å². The molecule has 1 aliphatic carbocycles. The number of rotatable bonds is 5. The van der Waals surface area contributed by atoms with Crippen molar-refractivity contribution in [2.75, 3.05) is 5.32 Å². The fraction of sp³-hybridized carbons (Fsp3) is 0.478. The zero-order valence-electron chi connectivity index (χ0n) is 17.8. The lowest BCUT2D eigenvalue weighted by Crippen LogP contribution is -2.21. The number of aromatic nitrogens is 4. The molecule has 0 unspecified atom stereocenters. The molecule has 1 saturated carbocycles. The molecule has 2 N–H and O–H groups in total. The van der Waals surface area contributed by atoms with E-state index in [0.29, 0.717) is 17.3 Å². The van der Waals surface area contributed by atoms with Crippen LogP contribution in [0.3, 0.4) is 0 Å². The number of aliphatic hydroxyl groups is 1. The van der Waals surface area contributed by atoms with Gasteiger partial charge in [-0.3, -0.25) is 9.48 Å². The molecule has 0 aliphatic heterocycles. The van der Waals surface area contributed by atoms with Crippen molar-refractivity contribution in [3.63, 3.8) is 0 Å². The van der Waals surface area contributed by atoms with Crippen molar-refractivity contribution in [3.05, 3.63) is 48.2 Å². The van der Waals surface area contributed by atoms with E-state index in [1.807, 2.05) is 12.1 Å². The number of anilines is 1. The van der Waals surface area contributed by atoms with Crippen molar-refractivity contribution >= 4 is 22.5 Å². The SMILES string of the molecule is CC[C@H]1CC[C@H](n2cc3cc(NC(=O)c4ccncn4)c(C(C)(C)O)cc3n2)CC1. The summed E-state index contributed by atoms with van der Waals surface area (Å²) < 4.78 is 2.07. The van der Waals surface area contributed by atoms with Crippen LogP contribution in [0.2, 0.25) is 0 Å². The Kier molecular flexibility index (Phi) is 5.56. The maximum atomic E-state index is 12.6. The van der Waals surface area contributed by atoms with E-state index in [9.17, 15) is 9.90 Å². The van der Waals surface area contributed by atoms with Gasteiger partial charge in [-0.2, -0.15) is 5.10 Å². The van der Waals surface area contributed by atoms with Gasteiger partial charge >= 0.3 is 0 Å². The number of carbonyl (C=O) groups excluding carboxylic acids is 1. The van der Waals surface area contributed by atoms with Crippen molar-refractivity contribution < 1.29 is 9.90 Å². The lowest BCUT2D eigenvalue weighted by molar-refractivity contribution is 0.0793. The number of hydrogen-bond donors (Lipinski definition) is 2. The molecule has 2 heterocycles. The van der Waals surface area contributed by atoms with Crippen molar-refractivity contribution in [2.24, 2.45) is 5.92 Å². The molecular weight excluding hydrogens is 378 g/mol. The largest absolute Gasteiger partial charge is 0.386 e. The molecule has 0 spiro atoms. The first kappa shape index (κ1) is 20.5. The second kappa shape index (κ2) is 8.14. The molecule has 1 aliphatic rings. The van der Waals surface area contributed by atoms with Gasteiger partial charge in [-0.15, -0.1) is 0 Å². The Labute approximate surface area is 176 Å². The van der Waals surface area contributed by atoms with Gasteiger partial charge in [0.05, 0.1) is 17.2 Å². The average Bonchev–Trinajstić information content (AvgIpc) is 3.16. The number of hydrogen-bond acceptors (Lipinski definition) is 5. The molecule has 2 aromatic heterocycles. The van der Waals surface area contributed by atoms with Crippen LogP contribution in [0.1, 0.15) is 75.0 Å². The fourth-order valence-electron chi connectivity index (χ4n) is 4.32. The molecule has 4 rings (SSSR count). The molecule has 30 heavy (non-hydrogen) atoms. The third-order valence-electron chi connectivity index (χ3n) is 6.15. The summed E-state index contributed by atoms with van der Waals surface area (Å²) in [5.74, 6) is 0.490. The van der Waals surface area contributed by atoms with Gasteiger partial charge in [0.1, 0.15) is 12.0 Å². The second-order valence-corrected chi connectivity index (χ2v) is 8.76. The summed E-state index contributed by atoms with van der Waals surface area (Å²) in [5.41, 5.74) is 1.15. The minimum atomic E-state index is -1.13. The molecular formula is C23H29N5O2. The number of fused-ring (bicyclic) bond motifs is 1. The summed E-state index contributed by atoms with van der Waals surface area (Å²) in [7, 11) is 0. The third kappa shape index (κ3) is 4.21. The van der Waals surface area contributed by atoms with E-state index in [1.165, 1.54) is 31.8 Å². The van der Waals surface area contributed by atoms with E-state index in [0.717, 1.165) is 29.7 Å². The summed E-state index contributed by atoms with van der Waals surface area (Å²) in [5, 5.41) is 19.4. The fourth-order valence-corrected chi connectivity index (χ4v) is 4.32. The predicted octanol–water partition coefficient (Wildman–Crippen LogP) is 4.45. The highest BCUT2D eigenvalue weighted by Crippen LogP contribution is 2.36. The topological polar surface area (TPSA) is 92.9 Å². The summed E-state index contributed by atoms with van der Waals surface area (Å²) in [6.07, 6.45) is 10.9. The van der Waals surface area contributed by atoms with Gasteiger partial charge in [-0.05, 0) is 63.6 Å². The van der Waals surface area contributed by atoms with Crippen LogP contribution in [0.25, 0.3) is 10.9 Å². The minimum absolute atomic E-state index is 0.273. The average molecular weight is 408 g/mol. The smallest absolute Gasteiger partial charge is 0.274 e. The monoisotopic (exact) mass is 407 g/mol. The molecule has 3 aromatic rings. The van der Waals surface area contributed by atoms with Crippen LogP contribution in [0.4, 0.5) is 5.69 Å². The Morgan fingerprint density at radius 2 is 2.03 bits per heavy atom. The number of benzene rings is 1. The Hall–Kier alpha value is -2.80. The number of nitrogens with zero attached hydrogens (tertiary/aromatic N) is 4. The van der Waals surface area contributed by atoms with Crippen molar-refractivity contribution in [1.82, 2.24) is 19.7 Å². The van der Waals surface area contributed by atoms with Crippen LogP contribution in [0.5, 0.6) is 0 Å². The van der Waals surface area contributed by atoms with Gasteiger partial charge in [0.2, 0.25) is 0 Å². The molecule has 0 radical (unpaired) electrons. The van der Waals surface area contributed by atoms with E-state index >= 15 is 0 Å². The number of amides is 1. The first-order valence-electron chi connectivity index (χ1n) is 10.7. The molecule has 0 bridgehead atoms. The minimum Gasteiger partial charge on any atom is -0.386 e. The van der Waals surface area contributed by atoms with Crippen LogP contribution in [-0.2, 0) is 5.60 Å². The van der Waals surface area contributed by atoms with Crippen LogP contribution in [-0.4, -0.2) is 30.8 Å². The van der Waals surface area contributed by atoms with Crippen LogP contribution >= 0.6 is 0 Å². The molecule has 0 atom stereocenters. The lowest BCUT2D eigenvalue weighted by Gasteiger charge is -2.27. The van der Waals surface area contributed by atoms with Gasteiger partial charge in [0.15, 0.2) is 0 Å². The quantitative estimate of drug-likeness (QED) is 0.652. The summed E-state index contributed by atoms with van der Waals surface area (Å²) in [6.45, 7) is 5.68. The third-order valence-corrected chi connectivity index (χ3v) is 6.15. The molecule has 1 aromatic carbocycles. The highest BCUT2D eigenvalue weighted by Gasteiger charge is 2.25. The van der Waals surface area contributed by atoms with Gasteiger partial charge in [0, 0.05) is 29.0 Å². The maximum Gasteiger partial charge on any atom is 0.274 e. The summed E-state index contributed by atoms with van der Waals surface area (Å²) >= 11 is 0. The zero-order valence-corrected chi connectivity index (χ0v) is 17.8. The first-order chi connectivity index (χ1) is 14.3. The lowest BCUT2D eigenvalue weighted by atomic mass is 9.85. The van der Waals surface area contributed by atoms with Crippen molar-refractivity contribution in [2.45, 2.75) is 64.5 Å². The standard InChI is InChI=1S/C23H29N5O2/c1-4-15-5-7-17(8-6-15)28-13-16-11-21(18(23(2,3)30)12-20(16)27-28)26-22(29)19-9-10-24-14-25-19/h9-15,17,30H,4-8H2,1-3H3,(H,26,29)/t15-,17-. The second-order valence-electron chi connectivity index (χ2n) is 8.76.